The van der Waals surface area contributed by atoms with Gasteiger partial charge in [-0.2, -0.15) is 0 Å². The summed E-state index contributed by atoms with van der Waals surface area (Å²) in [5, 5.41) is 6.73. The van der Waals surface area contributed by atoms with Gasteiger partial charge in [-0.05, 0) is 29.7 Å². The Morgan fingerprint density at radius 3 is 2.62 bits per heavy atom. The predicted octanol–water partition coefficient (Wildman–Crippen LogP) is 3.77. The Kier molecular flexibility index (Phi) is 8.43. The van der Waals surface area contributed by atoms with Crippen molar-refractivity contribution in [3.8, 4) is 0 Å². The molecular weight excluding hydrogens is 525 g/mol. The molecule has 1 aliphatic heterocycles. The second-order valence-electron chi connectivity index (χ2n) is 7.65. The molecule has 1 aliphatic rings. The van der Waals surface area contributed by atoms with Gasteiger partial charge < -0.3 is 20.1 Å². The molecule has 1 fully saturated rings. The number of anilines is 1. The summed E-state index contributed by atoms with van der Waals surface area (Å²) in [4.78, 5) is 10.3. The molecule has 0 amide bonds. The van der Waals surface area contributed by atoms with Crippen LogP contribution >= 0.6 is 24.0 Å². The lowest BCUT2D eigenvalue weighted by molar-refractivity contribution is 0.580. The monoisotopic (exact) mass is 552 g/mol. The van der Waals surface area contributed by atoms with E-state index in [9.17, 15) is 8.78 Å². The van der Waals surface area contributed by atoms with Crippen molar-refractivity contribution >= 4 is 35.6 Å². The minimum absolute atomic E-state index is 0. The fourth-order valence-electron chi connectivity index (χ4n) is 3.76. The Balaban J connectivity index is 0.00000289. The molecule has 32 heavy (non-hydrogen) atoms. The molecule has 170 valence electrons. The molecule has 1 saturated heterocycles. The summed E-state index contributed by atoms with van der Waals surface area (Å²) in [6.45, 7) is 2.78. The van der Waals surface area contributed by atoms with Gasteiger partial charge in [-0.3, -0.25) is 4.99 Å². The van der Waals surface area contributed by atoms with Gasteiger partial charge >= 0.3 is 0 Å². The van der Waals surface area contributed by atoms with Crippen molar-refractivity contribution in [1.82, 2.24) is 20.2 Å². The number of hydrogen-bond donors (Lipinski definition) is 2. The van der Waals surface area contributed by atoms with Crippen LogP contribution in [0.5, 0.6) is 0 Å². The van der Waals surface area contributed by atoms with Gasteiger partial charge in [0.05, 0.1) is 12.0 Å². The van der Waals surface area contributed by atoms with Crippen LogP contribution in [0.25, 0.3) is 0 Å². The number of imidazole rings is 1. The molecule has 4 rings (SSSR count). The highest BCUT2D eigenvalue weighted by atomic mass is 127. The number of nitrogens with one attached hydrogen (secondary N) is 2. The quantitative estimate of drug-likeness (QED) is 0.278. The highest BCUT2D eigenvalue weighted by Gasteiger charge is 2.25. The Bertz CT molecular complexity index is 1020. The van der Waals surface area contributed by atoms with Crippen LogP contribution in [0, 0.1) is 11.6 Å². The molecule has 1 atom stereocenters. The van der Waals surface area contributed by atoms with Gasteiger partial charge in [0.15, 0.2) is 5.96 Å². The van der Waals surface area contributed by atoms with Crippen molar-refractivity contribution < 1.29 is 8.78 Å². The second kappa shape index (κ2) is 11.3. The van der Waals surface area contributed by atoms with Gasteiger partial charge in [-0.25, -0.2) is 13.8 Å². The number of aromatic nitrogens is 2. The fraction of sp³-hybridized carbons (Fsp3) is 0.304. The summed E-state index contributed by atoms with van der Waals surface area (Å²) in [5.74, 6) is -0.386. The van der Waals surface area contributed by atoms with Gasteiger partial charge in [0.2, 0.25) is 0 Å². The van der Waals surface area contributed by atoms with Crippen LogP contribution in [0.1, 0.15) is 17.5 Å². The van der Waals surface area contributed by atoms with E-state index >= 15 is 0 Å². The van der Waals surface area contributed by atoms with Crippen molar-refractivity contribution in [2.75, 3.05) is 25.0 Å². The van der Waals surface area contributed by atoms with Crippen LogP contribution in [-0.2, 0) is 13.1 Å². The molecule has 0 spiro atoms. The third-order valence-electron chi connectivity index (χ3n) is 5.41. The Labute approximate surface area is 203 Å². The first-order valence-electron chi connectivity index (χ1n) is 10.3. The number of guanidine groups is 1. The van der Waals surface area contributed by atoms with Gasteiger partial charge in [0, 0.05) is 57.7 Å². The van der Waals surface area contributed by atoms with Crippen molar-refractivity contribution in [1.29, 1.82) is 0 Å². The van der Waals surface area contributed by atoms with Crippen LogP contribution in [-0.4, -0.2) is 41.7 Å². The molecule has 0 aliphatic carbocycles. The summed E-state index contributed by atoms with van der Waals surface area (Å²) in [5.41, 5.74) is 2.80. The molecular formula is C23H27F2IN6. The first-order valence-corrected chi connectivity index (χ1v) is 10.3. The van der Waals surface area contributed by atoms with Crippen molar-refractivity contribution in [2.24, 2.45) is 4.99 Å². The third kappa shape index (κ3) is 6.18. The largest absolute Gasteiger partial charge is 0.367 e. The lowest BCUT2D eigenvalue weighted by Crippen LogP contribution is -2.44. The smallest absolute Gasteiger partial charge is 0.191 e. The maximum Gasteiger partial charge on any atom is 0.191 e. The number of benzene rings is 2. The molecule has 2 heterocycles. The zero-order valence-electron chi connectivity index (χ0n) is 17.8. The van der Waals surface area contributed by atoms with E-state index in [1.54, 1.807) is 19.6 Å². The first-order chi connectivity index (χ1) is 15.1. The predicted molar refractivity (Wildman–Crippen MR) is 133 cm³/mol. The highest BCUT2D eigenvalue weighted by Crippen LogP contribution is 2.24. The molecule has 2 N–H and O–H groups in total. The zero-order chi connectivity index (χ0) is 21.6. The number of nitrogens with zero attached hydrogens (tertiary/aromatic N) is 4. The second-order valence-corrected chi connectivity index (χ2v) is 7.65. The summed E-state index contributed by atoms with van der Waals surface area (Å²) in [6.07, 6.45) is 6.37. The van der Waals surface area contributed by atoms with Gasteiger partial charge in [0.25, 0.3) is 0 Å². The van der Waals surface area contributed by atoms with Crippen molar-refractivity contribution in [3.63, 3.8) is 0 Å². The maximum absolute atomic E-state index is 14.1. The summed E-state index contributed by atoms with van der Waals surface area (Å²) >= 11 is 0. The zero-order valence-corrected chi connectivity index (χ0v) is 20.2. The molecule has 3 aromatic rings. The van der Waals surface area contributed by atoms with Crippen LogP contribution in [0.2, 0.25) is 0 Å². The molecule has 2 aromatic carbocycles. The minimum Gasteiger partial charge on any atom is -0.367 e. The van der Waals surface area contributed by atoms with Gasteiger partial charge in [-0.1, -0.05) is 24.3 Å². The Morgan fingerprint density at radius 1 is 1.16 bits per heavy atom. The number of rotatable bonds is 6. The van der Waals surface area contributed by atoms with E-state index in [0.29, 0.717) is 31.3 Å². The van der Waals surface area contributed by atoms with Gasteiger partial charge in [-0.15, -0.1) is 24.0 Å². The van der Waals surface area contributed by atoms with E-state index < -0.39 is 11.6 Å². The Morgan fingerprint density at radius 2 is 1.94 bits per heavy atom. The third-order valence-corrected chi connectivity index (χ3v) is 5.41. The molecule has 6 nitrogen and oxygen atoms in total. The van der Waals surface area contributed by atoms with Crippen LogP contribution < -0.4 is 15.5 Å². The van der Waals surface area contributed by atoms with E-state index in [4.69, 9.17) is 0 Å². The van der Waals surface area contributed by atoms with Crippen molar-refractivity contribution in [2.45, 2.75) is 25.6 Å². The van der Waals surface area contributed by atoms with Crippen molar-refractivity contribution in [3.05, 3.63) is 83.9 Å². The lowest BCUT2D eigenvalue weighted by atomic mass is 10.1. The van der Waals surface area contributed by atoms with Crippen LogP contribution in [0.3, 0.4) is 0 Å². The summed E-state index contributed by atoms with van der Waals surface area (Å²) in [7, 11) is 1.73. The number of halogens is 3. The van der Waals surface area contributed by atoms with E-state index in [1.165, 1.54) is 17.7 Å². The number of aliphatic imine (C=N–C) groups is 1. The molecule has 9 heteroatoms. The summed E-state index contributed by atoms with van der Waals surface area (Å²) < 4.78 is 29.2. The average Bonchev–Trinajstić information content (AvgIpc) is 3.44. The SMILES string of the molecule is CN=C(NCc1ccc(Cn2ccnc2)cc1)NC1CCN(c2ccc(F)cc2F)C1.I. The normalized spacial score (nSPS) is 16.0. The van der Waals surface area contributed by atoms with E-state index in [1.807, 2.05) is 15.7 Å². The van der Waals surface area contributed by atoms with E-state index in [0.717, 1.165) is 24.6 Å². The topological polar surface area (TPSA) is 57.5 Å². The van der Waals surface area contributed by atoms with Crippen LogP contribution in [0.4, 0.5) is 14.5 Å². The van der Waals surface area contributed by atoms with E-state index in [-0.39, 0.29) is 30.0 Å². The Hall–Kier alpha value is -2.69. The van der Waals surface area contributed by atoms with Gasteiger partial charge in [0.1, 0.15) is 11.6 Å². The summed E-state index contributed by atoms with van der Waals surface area (Å²) in [6, 6.07) is 12.3. The lowest BCUT2D eigenvalue weighted by Gasteiger charge is -2.21. The maximum atomic E-state index is 14.1. The van der Waals surface area contributed by atoms with Crippen LogP contribution in [0.15, 0.2) is 66.2 Å². The molecule has 0 radical (unpaired) electrons. The highest BCUT2D eigenvalue weighted by molar-refractivity contribution is 14.0. The molecule has 1 unspecified atom stereocenters. The average molecular weight is 552 g/mol. The molecule has 0 saturated carbocycles. The minimum atomic E-state index is -0.561. The molecule has 1 aromatic heterocycles. The fourth-order valence-corrected chi connectivity index (χ4v) is 3.76. The molecule has 0 bridgehead atoms. The standard InChI is InChI=1S/C23H26F2N6.HI/c1-26-23(28-13-17-2-4-18(5-3-17)14-30-11-9-27-16-30)29-20-8-10-31(15-20)22-7-6-19(24)12-21(22)25;/h2-7,9,11-12,16,20H,8,10,13-15H2,1H3,(H2,26,28,29);1H. The number of hydrogen-bond acceptors (Lipinski definition) is 3. The first kappa shape index (κ1) is 24.0. The van der Waals surface area contributed by atoms with E-state index in [2.05, 4.69) is 44.9 Å².